The number of H-pyrrole nitrogens is 1. The lowest BCUT2D eigenvalue weighted by atomic mass is 10.0. The highest BCUT2D eigenvalue weighted by Gasteiger charge is 2.01. The van der Waals surface area contributed by atoms with Gasteiger partial charge in [0.25, 0.3) is 0 Å². The first kappa shape index (κ1) is 10.8. The van der Waals surface area contributed by atoms with Crippen LogP contribution in [-0.4, -0.2) is 20.6 Å². The van der Waals surface area contributed by atoms with E-state index < -0.39 is 0 Å². The van der Waals surface area contributed by atoms with Crippen LogP contribution in [0.4, 0.5) is 0 Å². The molecule has 0 saturated carbocycles. The van der Waals surface area contributed by atoms with E-state index in [0.29, 0.717) is 5.92 Å². The van der Waals surface area contributed by atoms with Crippen LogP contribution in [0.15, 0.2) is 24.3 Å². The standard InChI is InChI=1S/C12H16N4/c1-9(2)7-10-3-5-11(6-4-10)8-12-13-15-16-14-12/h3-6,9H,7-8H2,1-2H3,(H,13,14,15,16). The van der Waals surface area contributed by atoms with Crippen molar-refractivity contribution < 1.29 is 0 Å². The molecule has 16 heavy (non-hydrogen) atoms. The lowest BCUT2D eigenvalue weighted by molar-refractivity contribution is 0.647. The van der Waals surface area contributed by atoms with Gasteiger partial charge in [-0.25, -0.2) is 0 Å². The van der Waals surface area contributed by atoms with Crippen LogP contribution in [0.1, 0.15) is 30.8 Å². The Kier molecular flexibility index (Phi) is 3.29. The molecule has 2 rings (SSSR count). The van der Waals surface area contributed by atoms with Crippen molar-refractivity contribution in [3.63, 3.8) is 0 Å². The minimum absolute atomic E-state index is 0.697. The van der Waals surface area contributed by atoms with Gasteiger partial charge >= 0.3 is 0 Å². The van der Waals surface area contributed by atoms with E-state index in [0.717, 1.165) is 18.7 Å². The van der Waals surface area contributed by atoms with Gasteiger partial charge in [0.1, 0.15) is 0 Å². The molecule has 0 spiro atoms. The summed E-state index contributed by atoms with van der Waals surface area (Å²) in [4.78, 5) is 0. The topological polar surface area (TPSA) is 54.5 Å². The van der Waals surface area contributed by atoms with Crippen molar-refractivity contribution in [2.24, 2.45) is 5.92 Å². The maximum atomic E-state index is 3.94. The van der Waals surface area contributed by atoms with Crippen LogP contribution < -0.4 is 0 Å². The molecule has 0 bridgehead atoms. The molecule has 0 fully saturated rings. The fourth-order valence-electron chi connectivity index (χ4n) is 1.70. The highest BCUT2D eigenvalue weighted by molar-refractivity contribution is 5.24. The molecule has 1 aromatic carbocycles. The third-order valence-corrected chi connectivity index (χ3v) is 2.42. The minimum atomic E-state index is 0.697. The fourth-order valence-corrected chi connectivity index (χ4v) is 1.70. The summed E-state index contributed by atoms with van der Waals surface area (Å²) in [7, 11) is 0. The third-order valence-electron chi connectivity index (χ3n) is 2.42. The van der Waals surface area contributed by atoms with Crippen molar-refractivity contribution in [1.29, 1.82) is 0 Å². The van der Waals surface area contributed by atoms with E-state index in [1.54, 1.807) is 0 Å². The molecular formula is C12H16N4. The Morgan fingerprint density at radius 3 is 2.38 bits per heavy atom. The summed E-state index contributed by atoms with van der Waals surface area (Å²) in [5.74, 6) is 1.43. The quantitative estimate of drug-likeness (QED) is 0.850. The summed E-state index contributed by atoms with van der Waals surface area (Å²) in [5.41, 5.74) is 2.60. The molecule has 1 N–H and O–H groups in total. The van der Waals surface area contributed by atoms with Gasteiger partial charge < -0.3 is 0 Å². The molecule has 0 saturated heterocycles. The molecule has 1 heterocycles. The number of benzene rings is 1. The van der Waals surface area contributed by atoms with Crippen molar-refractivity contribution in [3.8, 4) is 0 Å². The van der Waals surface area contributed by atoms with Crippen molar-refractivity contribution >= 4 is 0 Å². The van der Waals surface area contributed by atoms with Crippen LogP contribution in [0.5, 0.6) is 0 Å². The smallest absolute Gasteiger partial charge is 0.177 e. The SMILES string of the molecule is CC(C)Cc1ccc(Cc2nn[nH]n2)cc1. The molecule has 0 aliphatic rings. The summed E-state index contributed by atoms with van der Waals surface area (Å²) < 4.78 is 0. The Morgan fingerprint density at radius 2 is 1.81 bits per heavy atom. The Balaban J connectivity index is 2.02. The Bertz CT molecular complexity index is 417. The molecule has 0 aliphatic heterocycles. The van der Waals surface area contributed by atoms with E-state index in [-0.39, 0.29) is 0 Å². The van der Waals surface area contributed by atoms with Gasteiger partial charge in [-0.2, -0.15) is 5.21 Å². The summed E-state index contributed by atoms with van der Waals surface area (Å²) in [5, 5.41) is 13.9. The summed E-state index contributed by atoms with van der Waals surface area (Å²) in [6.45, 7) is 4.46. The van der Waals surface area contributed by atoms with Crippen LogP contribution in [0.25, 0.3) is 0 Å². The number of aromatic nitrogens is 4. The minimum Gasteiger partial charge on any atom is -0.177 e. The van der Waals surface area contributed by atoms with Gasteiger partial charge in [0.05, 0.1) is 0 Å². The van der Waals surface area contributed by atoms with E-state index in [1.807, 2.05) is 0 Å². The van der Waals surface area contributed by atoms with Crippen LogP contribution in [0.3, 0.4) is 0 Å². The lowest BCUT2D eigenvalue weighted by Gasteiger charge is -2.05. The summed E-state index contributed by atoms with van der Waals surface area (Å²) in [6, 6.07) is 8.62. The molecule has 0 unspecified atom stereocenters. The largest absolute Gasteiger partial charge is 0.178 e. The van der Waals surface area contributed by atoms with Crippen molar-refractivity contribution in [3.05, 3.63) is 41.2 Å². The van der Waals surface area contributed by atoms with Crippen molar-refractivity contribution in [1.82, 2.24) is 20.6 Å². The van der Waals surface area contributed by atoms with E-state index in [2.05, 4.69) is 58.7 Å². The van der Waals surface area contributed by atoms with E-state index in [4.69, 9.17) is 0 Å². The fraction of sp³-hybridized carbons (Fsp3) is 0.417. The molecule has 0 radical (unpaired) electrons. The monoisotopic (exact) mass is 216 g/mol. The number of hydrogen-bond donors (Lipinski definition) is 1. The molecule has 0 atom stereocenters. The molecule has 4 nitrogen and oxygen atoms in total. The zero-order valence-electron chi connectivity index (χ0n) is 9.64. The maximum Gasteiger partial charge on any atom is 0.178 e. The number of tetrazole rings is 1. The first-order chi connectivity index (χ1) is 7.74. The van der Waals surface area contributed by atoms with E-state index >= 15 is 0 Å². The average molecular weight is 216 g/mol. The van der Waals surface area contributed by atoms with Gasteiger partial charge in [-0.05, 0) is 23.5 Å². The van der Waals surface area contributed by atoms with Gasteiger partial charge in [-0.3, -0.25) is 0 Å². The molecule has 2 aromatic rings. The van der Waals surface area contributed by atoms with Gasteiger partial charge in [0, 0.05) is 6.42 Å². The van der Waals surface area contributed by atoms with Crippen LogP contribution in [0.2, 0.25) is 0 Å². The second-order valence-electron chi connectivity index (χ2n) is 4.42. The number of nitrogens with one attached hydrogen (secondary N) is 1. The van der Waals surface area contributed by atoms with Crippen LogP contribution >= 0.6 is 0 Å². The summed E-state index contributed by atoms with van der Waals surface area (Å²) >= 11 is 0. The highest BCUT2D eigenvalue weighted by atomic mass is 15.5. The average Bonchev–Trinajstić information content (AvgIpc) is 2.73. The first-order valence-electron chi connectivity index (χ1n) is 5.54. The normalized spacial score (nSPS) is 10.9. The molecule has 4 heteroatoms. The van der Waals surface area contributed by atoms with Gasteiger partial charge in [0.15, 0.2) is 5.82 Å². The van der Waals surface area contributed by atoms with Crippen molar-refractivity contribution in [2.45, 2.75) is 26.7 Å². The molecule has 1 aromatic heterocycles. The van der Waals surface area contributed by atoms with Gasteiger partial charge in [-0.1, -0.05) is 43.3 Å². The second-order valence-corrected chi connectivity index (χ2v) is 4.42. The maximum absolute atomic E-state index is 3.94. The number of aromatic amines is 1. The van der Waals surface area contributed by atoms with Gasteiger partial charge in [0.2, 0.25) is 0 Å². The number of rotatable bonds is 4. The Morgan fingerprint density at radius 1 is 1.12 bits per heavy atom. The third kappa shape index (κ3) is 2.89. The Hall–Kier alpha value is -1.71. The highest BCUT2D eigenvalue weighted by Crippen LogP contribution is 2.11. The molecule has 0 amide bonds. The predicted octanol–water partition coefficient (Wildman–Crippen LogP) is 1.99. The van der Waals surface area contributed by atoms with E-state index in [1.165, 1.54) is 11.1 Å². The Labute approximate surface area is 95.1 Å². The lowest BCUT2D eigenvalue weighted by Crippen LogP contribution is -1.95. The van der Waals surface area contributed by atoms with Gasteiger partial charge in [-0.15, -0.1) is 10.2 Å². The summed E-state index contributed by atoms with van der Waals surface area (Å²) in [6.07, 6.45) is 1.86. The zero-order chi connectivity index (χ0) is 11.4. The zero-order valence-corrected chi connectivity index (χ0v) is 9.64. The van der Waals surface area contributed by atoms with Crippen LogP contribution in [0, 0.1) is 5.92 Å². The van der Waals surface area contributed by atoms with Crippen LogP contribution in [-0.2, 0) is 12.8 Å². The number of hydrogen-bond acceptors (Lipinski definition) is 3. The van der Waals surface area contributed by atoms with E-state index in [9.17, 15) is 0 Å². The first-order valence-corrected chi connectivity index (χ1v) is 5.54. The van der Waals surface area contributed by atoms with Crippen molar-refractivity contribution in [2.75, 3.05) is 0 Å². The second kappa shape index (κ2) is 4.88. The number of nitrogens with zero attached hydrogens (tertiary/aromatic N) is 3. The molecular weight excluding hydrogens is 200 g/mol. The molecule has 84 valence electrons. The predicted molar refractivity (Wildman–Crippen MR) is 62.0 cm³/mol. The molecule has 0 aliphatic carbocycles.